The van der Waals surface area contributed by atoms with Crippen LogP contribution in [0.15, 0.2) is 23.6 Å². The molecular weight excluding hydrogens is 308 g/mol. The highest BCUT2D eigenvalue weighted by Crippen LogP contribution is 2.26. The van der Waals surface area contributed by atoms with E-state index in [0.717, 1.165) is 29.9 Å². The van der Waals surface area contributed by atoms with Crippen LogP contribution in [0.5, 0.6) is 0 Å². The smallest absolute Gasteiger partial charge is 0.253 e. The molecule has 24 heavy (non-hydrogen) atoms. The van der Waals surface area contributed by atoms with Gasteiger partial charge in [0.15, 0.2) is 0 Å². The molecule has 0 radical (unpaired) electrons. The number of rotatable bonds is 3. The minimum atomic E-state index is -0.227. The Labute approximate surface area is 142 Å². The molecule has 2 aliphatic rings. The maximum absolute atomic E-state index is 12.8. The standard InChI is InChI=1S/C17H24N4O3/c1-12-13(5-4-9-23-12)16(22)21-8-10-24-15(11-21)14-6-7-18-17(19-14)20(2)3/h6-7,15H,4-5,8-11H2,1-3H3/t15-/m1/s1. The summed E-state index contributed by atoms with van der Waals surface area (Å²) in [4.78, 5) is 25.3. The fraction of sp³-hybridized carbons (Fsp3) is 0.588. The molecule has 0 bridgehead atoms. The van der Waals surface area contributed by atoms with Crippen molar-refractivity contribution in [3.05, 3.63) is 29.3 Å². The number of morpholine rings is 1. The first-order chi connectivity index (χ1) is 11.6. The SMILES string of the molecule is CC1=C(C(=O)N2CCO[C@@H](c3ccnc(N(C)C)n3)C2)CCCO1. The molecule has 0 unspecified atom stereocenters. The number of hydrogen-bond donors (Lipinski definition) is 0. The molecule has 1 atom stereocenters. The van der Waals surface area contributed by atoms with Gasteiger partial charge in [-0.05, 0) is 25.8 Å². The summed E-state index contributed by atoms with van der Waals surface area (Å²) in [7, 11) is 3.80. The zero-order chi connectivity index (χ0) is 17.1. The normalized spacial score (nSPS) is 21.5. The van der Waals surface area contributed by atoms with E-state index in [9.17, 15) is 4.79 Å². The van der Waals surface area contributed by atoms with Crippen molar-refractivity contribution < 1.29 is 14.3 Å². The lowest BCUT2D eigenvalue weighted by atomic mass is 10.0. The second kappa shape index (κ2) is 7.17. The second-order valence-corrected chi connectivity index (χ2v) is 6.27. The average molecular weight is 332 g/mol. The molecule has 0 spiro atoms. The summed E-state index contributed by atoms with van der Waals surface area (Å²) < 4.78 is 11.4. The van der Waals surface area contributed by atoms with Gasteiger partial charge < -0.3 is 19.3 Å². The molecular formula is C17H24N4O3. The Morgan fingerprint density at radius 2 is 2.21 bits per heavy atom. The Bertz CT molecular complexity index is 644. The number of anilines is 1. The summed E-state index contributed by atoms with van der Waals surface area (Å²) in [6, 6.07) is 1.85. The molecule has 1 fully saturated rings. The fourth-order valence-corrected chi connectivity index (χ4v) is 2.96. The average Bonchev–Trinajstić information content (AvgIpc) is 2.62. The summed E-state index contributed by atoms with van der Waals surface area (Å²) >= 11 is 0. The van der Waals surface area contributed by atoms with Crippen LogP contribution >= 0.6 is 0 Å². The fourth-order valence-electron chi connectivity index (χ4n) is 2.96. The number of allylic oxidation sites excluding steroid dienone is 1. The van der Waals surface area contributed by atoms with E-state index in [-0.39, 0.29) is 12.0 Å². The number of aromatic nitrogens is 2. The van der Waals surface area contributed by atoms with Crippen LogP contribution in [-0.2, 0) is 14.3 Å². The van der Waals surface area contributed by atoms with Crippen molar-refractivity contribution in [3.63, 3.8) is 0 Å². The van der Waals surface area contributed by atoms with Crippen molar-refractivity contribution in [2.24, 2.45) is 0 Å². The molecule has 0 saturated carbocycles. The number of carbonyl (C=O) groups excluding carboxylic acids is 1. The van der Waals surface area contributed by atoms with E-state index < -0.39 is 0 Å². The van der Waals surface area contributed by atoms with Gasteiger partial charge in [0, 0.05) is 26.8 Å². The van der Waals surface area contributed by atoms with Crippen molar-refractivity contribution in [2.45, 2.75) is 25.9 Å². The van der Waals surface area contributed by atoms with Crippen LogP contribution in [0.2, 0.25) is 0 Å². The van der Waals surface area contributed by atoms with Gasteiger partial charge in [0.1, 0.15) is 11.9 Å². The monoisotopic (exact) mass is 332 g/mol. The predicted octanol–water partition coefficient (Wildman–Crippen LogP) is 1.53. The first-order valence-corrected chi connectivity index (χ1v) is 8.30. The molecule has 1 aromatic heterocycles. The third-order valence-corrected chi connectivity index (χ3v) is 4.32. The summed E-state index contributed by atoms with van der Waals surface area (Å²) in [5.41, 5.74) is 1.59. The molecule has 130 valence electrons. The van der Waals surface area contributed by atoms with Gasteiger partial charge in [-0.1, -0.05) is 0 Å². The van der Waals surface area contributed by atoms with Gasteiger partial charge in [0.05, 0.1) is 31.0 Å². The Kier molecular flexibility index (Phi) is 4.99. The molecule has 0 aliphatic carbocycles. The maximum Gasteiger partial charge on any atom is 0.253 e. The van der Waals surface area contributed by atoms with Crippen LogP contribution in [0.4, 0.5) is 5.95 Å². The molecule has 1 saturated heterocycles. The highest BCUT2D eigenvalue weighted by atomic mass is 16.5. The van der Waals surface area contributed by atoms with E-state index in [2.05, 4.69) is 9.97 Å². The molecule has 2 aliphatic heterocycles. The lowest BCUT2D eigenvalue weighted by Crippen LogP contribution is -2.43. The Balaban J connectivity index is 1.75. The van der Waals surface area contributed by atoms with Crippen LogP contribution < -0.4 is 4.90 Å². The summed E-state index contributed by atoms with van der Waals surface area (Å²) in [6.45, 7) is 4.17. The van der Waals surface area contributed by atoms with Gasteiger partial charge in [-0.2, -0.15) is 0 Å². The van der Waals surface area contributed by atoms with E-state index in [1.807, 2.05) is 36.9 Å². The Morgan fingerprint density at radius 1 is 1.38 bits per heavy atom. The van der Waals surface area contributed by atoms with Gasteiger partial charge in [-0.25, -0.2) is 9.97 Å². The highest BCUT2D eigenvalue weighted by Gasteiger charge is 2.30. The molecule has 0 N–H and O–H groups in total. The van der Waals surface area contributed by atoms with Crippen LogP contribution in [-0.4, -0.2) is 61.2 Å². The largest absolute Gasteiger partial charge is 0.498 e. The number of nitrogens with zero attached hydrogens (tertiary/aromatic N) is 4. The third-order valence-electron chi connectivity index (χ3n) is 4.32. The number of ether oxygens (including phenoxy) is 2. The molecule has 1 amide bonds. The highest BCUT2D eigenvalue weighted by molar-refractivity contribution is 5.94. The van der Waals surface area contributed by atoms with Crippen molar-refractivity contribution in [2.75, 3.05) is 45.3 Å². The van der Waals surface area contributed by atoms with Gasteiger partial charge in [0.25, 0.3) is 5.91 Å². The lowest BCUT2D eigenvalue weighted by molar-refractivity contribution is -0.135. The third kappa shape index (κ3) is 3.51. The van der Waals surface area contributed by atoms with Crippen molar-refractivity contribution in [1.29, 1.82) is 0 Å². The minimum Gasteiger partial charge on any atom is -0.498 e. The summed E-state index contributed by atoms with van der Waals surface area (Å²) in [6.07, 6.45) is 3.17. The number of hydrogen-bond acceptors (Lipinski definition) is 6. The van der Waals surface area contributed by atoms with Crippen molar-refractivity contribution in [1.82, 2.24) is 14.9 Å². The topological polar surface area (TPSA) is 67.8 Å². The van der Waals surface area contributed by atoms with Gasteiger partial charge in [-0.3, -0.25) is 4.79 Å². The van der Waals surface area contributed by atoms with Crippen molar-refractivity contribution in [3.8, 4) is 0 Å². The van der Waals surface area contributed by atoms with E-state index >= 15 is 0 Å². The van der Waals surface area contributed by atoms with Crippen LogP contribution in [0.1, 0.15) is 31.6 Å². The van der Waals surface area contributed by atoms with Gasteiger partial charge >= 0.3 is 0 Å². The maximum atomic E-state index is 12.8. The lowest BCUT2D eigenvalue weighted by Gasteiger charge is -2.34. The minimum absolute atomic E-state index is 0.0578. The molecule has 3 rings (SSSR count). The summed E-state index contributed by atoms with van der Waals surface area (Å²) in [5, 5.41) is 0. The van der Waals surface area contributed by atoms with E-state index in [4.69, 9.17) is 9.47 Å². The predicted molar refractivity (Wildman–Crippen MR) is 89.5 cm³/mol. The summed E-state index contributed by atoms with van der Waals surface area (Å²) in [5.74, 6) is 1.45. The molecule has 7 nitrogen and oxygen atoms in total. The van der Waals surface area contributed by atoms with Crippen LogP contribution in [0.3, 0.4) is 0 Å². The Hall–Kier alpha value is -2.15. The Morgan fingerprint density at radius 3 is 2.96 bits per heavy atom. The first-order valence-electron chi connectivity index (χ1n) is 8.30. The molecule has 7 heteroatoms. The van der Waals surface area contributed by atoms with Crippen molar-refractivity contribution >= 4 is 11.9 Å². The zero-order valence-electron chi connectivity index (χ0n) is 14.5. The molecule has 3 heterocycles. The number of amides is 1. The van der Waals surface area contributed by atoms with Crippen LogP contribution in [0, 0.1) is 0 Å². The van der Waals surface area contributed by atoms with Crippen LogP contribution in [0.25, 0.3) is 0 Å². The molecule has 1 aromatic rings. The second-order valence-electron chi connectivity index (χ2n) is 6.27. The quantitative estimate of drug-likeness (QED) is 0.836. The van der Waals surface area contributed by atoms with Gasteiger partial charge in [0.2, 0.25) is 5.95 Å². The zero-order valence-corrected chi connectivity index (χ0v) is 14.5. The van der Waals surface area contributed by atoms with Gasteiger partial charge in [-0.15, -0.1) is 0 Å². The van der Waals surface area contributed by atoms with E-state index in [1.165, 1.54) is 0 Å². The number of carbonyl (C=O) groups is 1. The van der Waals surface area contributed by atoms with E-state index in [1.54, 1.807) is 6.20 Å². The first kappa shape index (κ1) is 16.7. The van der Waals surface area contributed by atoms with E-state index in [0.29, 0.717) is 32.3 Å². The molecule has 0 aromatic carbocycles.